The normalized spacial score (nSPS) is 12.6. The summed E-state index contributed by atoms with van der Waals surface area (Å²) in [5.41, 5.74) is 8.10. The molecule has 16 heavy (non-hydrogen) atoms. The first-order valence-corrected chi connectivity index (χ1v) is 6.60. The Balaban J connectivity index is 2.87. The fourth-order valence-corrected chi connectivity index (χ4v) is 2.21. The lowest BCUT2D eigenvalue weighted by Crippen LogP contribution is -2.27. The highest BCUT2D eigenvalue weighted by atomic mass is 79.9. The van der Waals surface area contributed by atoms with Gasteiger partial charge in [-0.15, -0.1) is 0 Å². The van der Waals surface area contributed by atoms with Gasteiger partial charge < -0.3 is 10.6 Å². The number of halogens is 1. The molecule has 1 rings (SSSR count). The van der Waals surface area contributed by atoms with E-state index in [1.165, 1.54) is 11.3 Å². The van der Waals surface area contributed by atoms with Crippen molar-refractivity contribution in [1.82, 2.24) is 0 Å². The van der Waals surface area contributed by atoms with Crippen molar-refractivity contribution in [2.24, 2.45) is 5.73 Å². The summed E-state index contributed by atoms with van der Waals surface area (Å²) < 4.78 is 1.16. The second kappa shape index (κ2) is 6.26. The summed E-state index contributed by atoms with van der Waals surface area (Å²) in [5.74, 6) is 0. The van der Waals surface area contributed by atoms with E-state index in [0.29, 0.717) is 12.6 Å². The van der Waals surface area contributed by atoms with E-state index >= 15 is 0 Å². The van der Waals surface area contributed by atoms with Crippen molar-refractivity contribution in [2.45, 2.75) is 32.7 Å². The van der Waals surface area contributed by atoms with Crippen LogP contribution in [0.5, 0.6) is 0 Å². The molecular formula is C13H21BrN2. The molecule has 0 radical (unpaired) electrons. The van der Waals surface area contributed by atoms with Crippen molar-refractivity contribution in [3.8, 4) is 0 Å². The SMILES string of the molecule is CCC(C)N(C)c1ccc(CCN)c(Br)c1. The molecule has 2 N–H and O–H groups in total. The second-order valence-electron chi connectivity index (χ2n) is 4.18. The minimum Gasteiger partial charge on any atom is -0.372 e. The highest BCUT2D eigenvalue weighted by Crippen LogP contribution is 2.25. The van der Waals surface area contributed by atoms with Gasteiger partial charge in [0.05, 0.1) is 0 Å². The summed E-state index contributed by atoms with van der Waals surface area (Å²) in [6, 6.07) is 7.07. The molecule has 0 bridgehead atoms. The van der Waals surface area contributed by atoms with Crippen molar-refractivity contribution in [2.75, 3.05) is 18.5 Å². The third kappa shape index (κ3) is 3.22. The zero-order chi connectivity index (χ0) is 12.1. The summed E-state index contributed by atoms with van der Waals surface area (Å²) in [4.78, 5) is 2.30. The van der Waals surface area contributed by atoms with E-state index in [4.69, 9.17) is 5.73 Å². The summed E-state index contributed by atoms with van der Waals surface area (Å²) >= 11 is 3.61. The van der Waals surface area contributed by atoms with Crippen molar-refractivity contribution in [3.63, 3.8) is 0 Å². The first kappa shape index (κ1) is 13.5. The van der Waals surface area contributed by atoms with Gasteiger partial charge in [0.2, 0.25) is 0 Å². The molecule has 1 unspecified atom stereocenters. The van der Waals surface area contributed by atoms with Gasteiger partial charge in [0, 0.05) is 23.2 Å². The Morgan fingerprint density at radius 3 is 2.62 bits per heavy atom. The number of anilines is 1. The monoisotopic (exact) mass is 284 g/mol. The summed E-state index contributed by atoms with van der Waals surface area (Å²) in [6.45, 7) is 5.14. The van der Waals surface area contributed by atoms with Gasteiger partial charge in [-0.2, -0.15) is 0 Å². The van der Waals surface area contributed by atoms with Crippen LogP contribution >= 0.6 is 15.9 Å². The van der Waals surface area contributed by atoms with Crippen LogP contribution in [-0.2, 0) is 6.42 Å². The summed E-state index contributed by atoms with van der Waals surface area (Å²) in [7, 11) is 2.14. The Labute approximate surface area is 107 Å². The van der Waals surface area contributed by atoms with Crippen LogP contribution in [-0.4, -0.2) is 19.6 Å². The average molecular weight is 285 g/mol. The van der Waals surface area contributed by atoms with Gasteiger partial charge in [-0.25, -0.2) is 0 Å². The van der Waals surface area contributed by atoms with Crippen LogP contribution in [0.15, 0.2) is 22.7 Å². The molecule has 0 aliphatic carbocycles. The molecule has 0 fully saturated rings. The van der Waals surface area contributed by atoms with Crippen molar-refractivity contribution < 1.29 is 0 Å². The van der Waals surface area contributed by atoms with Gasteiger partial charge >= 0.3 is 0 Å². The van der Waals surface area contributed by atoms with Crippen LogP contribution in [0.4, 0.5) is 5.69 Å². The van der Waals surface area contributed by atoms with Gasteiger partial charge in [0.25, 0.3) is 0 Å². The van der Waals surface area contributed by atoms with Crippen molar-refractivity contribution in [3.05, 3.63) is 28.2 Å². The van der Waals surface area contributed by atoms with Gasteiger partial charge in [-0.05, 0) is 44.0 Å². The molecule has 1 aromatic carbocycles. The molecule has 0 aliphatic rings. The number of benzene rings is 1. The maximum atomic E-state index is 5.57. The van der Waals surface area contributed by atoms with E-state index in [0.717, 1.165) is 17.3 Å². The molecule has 1 aromatic rings. The van der Waals surface area contributed by atoms with E-state index in [9.17, 15) is 0 Å². The van der Waals surface area contributed by atoms with Crippen LogP contribution in [0.3, 0.4) is 0 Å². The molecule has 0 saturated heterocycles. The maximum absolute atomic E-state index is 5.57. The maximum Gasteiger partial charge on any atom is 0.0377 e. The Morgan fingerprint density at radius 2 is 2.12 bits per heavy atom. The third-order valence-electron chi connectivity index (χ3n) is 3.11. The van der Waals surface area contributed by atoms with Crippen LogP contribution in [0.2, 0.25) is 0 Å². The van der Waals surface area contributed by atoms with E-state index < -0.39 is 0 Å². The molecule has 3 heteroatoms. The average Bonchev–Trinajstić information content (AvgIpc) is 2.30. The fourth-order valence-electron chi connectivity index (χ4n) is 1.64. The second-order valence-corrected chi connectivity index (χ2v) is 5.04. The molecular weight excluding hydrogens is 264 g/mol. The molecule has 0 aromatic heterocycles. The lowest BCUT2D eigenvalue weighted by atomic mass is 10.1. The predicted molar refractivity (Wildman–Crippen MR) is 75.1 cm³/mol. The summed E-state index contributed by atoms with van der Waals surface area (Å²) in [5, 5.41) is 0. The number of hydrogen-bond donors (Lipinski definition) is 1. The molecule has 1 atom stereocenters. The standard InChI is InChI=1S/C13H21BrN2/c1-4-10(2)16(3)12-6-5-11(7-8-15)13(14)9-12/h5-6,9-10H,4,7-8,15H2,1-3H3. The quantitative estimate of drug-likeness (QED) is 0.900. The van der Waals surface area contributed by atoms with Crippen molar-refractivity contribution >= 4 is 21.6 Å². The van der Waals surface area contributed by atoms with E-state index in [1.54, 1.807) is 0 Å². The Hall–Kier alpha value is -0.540. The topological polar surface area (TPSA) is 29.3 Å². The van der Waals surface area contributed by atoms with Crippen molar-refractivity contribution in [1.29, 1.82) is 0 Å². The van der Waals surface area contributed by atoms with Crippen LogP contribution < -0.4 is 10.6 Å². The smallest absolute Gasteiger partial charge is 0.0377 e. The molecule has 2 nitrogen and oxygen atoms in total. The molecule has 90 valence electrons. The molecule has 0 saturated carbocycles. The van der Waals surface area contributed by atoms with Crippen LogP contribution in [0.25, 0.3) is 0 Å². The molecule has 0 heterocycles. The Morgan fingerprint density at radius 1 is 1.44 bits per heavy atom. The third-order valence-corrected chi connectivity index (χ3v) is 3.85. The highest BCUT2D eigenvalue weighted by molar-refractivity contribution is 9.10. The number of hydrogen-bond acceptors (Lipinski definition) is 2. The minimum absolute atomic E-state index is 0.562. The highest BCUT2D eigenvalue weighted by Gasteiger charge is 2.09. The molecule has 0 spiro atoms. The summed E-state index contributed by atoms with van der Waals surface area (Å²) in [6.07, 6.45) is 2.08. The fraction of sp³-hybridized carbons (Fsp3) is 0.538. The lowest BCUT2D eigenvalue weighted by Gasteiger charge is -2.26. The number of nitrogens with zero attached hydrogens (tertiary/aromatic N) is 1. The lowest BCUT2D eigenvalue weighted by molar-refractivity contribution is 0.663. The zero-order valence-electron chi connectivity index (χ0n) is 10.3. The Bertz CT molecular complexity index is 339. The largest absolute Gasteiger partial charge is 0.372 e. The van der Waals surface area contributed by atoms with Gasteiger partial charge in [0.15, 0.2) is 0 Å². The van der Waals surface area contributed by atoms with Crippen LogP contribution in [0.1, 0.15) is 25.8 Å². The van der Waals surface area contributed by atoms with Gasteiger partial charge in [-0.3, -0.25) is 0 Å². The van der Waals surface area contributed by atoms with E-state index in [-0.39, 0.29) is 0 Å². The van der Waals surface area contributed by atoms with E-state index in [2.05, 4.69) is 59.9 Å². The zero-order valence-corrected chi connectivity index (χ0v) is 11.9. The first-order valence-electron chi connectivity index (χ1n) is 5.81. The van der Waals surface area contributed by atoms with Gasteiger partial charge in [0.1, 0.15) is 0 Å². The molecule has 0 aliphatic heterocycles. The van der Waals surface area contributed by atoms with E-state index in [1.807, 2.05) is 0 Å². The number of rotatable bonds is 5. The Kier molecular flexibility index (Phi) is 5.29. The first-order chi connectivity index (χ1) is 7.60. The number of nitrogens with two attached hydrogens (primary N) is 1. The molecule has 0 amide bonds. The minimum atomic E-state index is 0.562. The predicted octanol–water partition coefficient (Wildman–Crippen LogP) is 3.19. The van der Waals surface area contributed by atoms with Crippen LogP contribution in [0, 0.1) is 0 Å². The van der Waals surface area contributed by atoms with Gasteiger partial charge in [-0.1, -0.05) is 28.9 Å².